The summed E-state index contributed by atoms with van der Waals surface area (Å²) in [5, 5.41) is 12.2. The number of fused-ring (bicyclic) bond motifs is 1. The van der Waals surface area contributed by atoms with Crippen LogP contribution in [0.5, 0.6) is 0 Å². The predicted octanol–water partition coefficient (Wildman–Crippen LogP) is 2.81. The van der Waals surface area contributed by atoms with E-state index in [-0.39, 0.29) is 30.0 Å². The van der Waals surface area contributed by atoms with Crippen molar-refractivity contribution in [3.05, 3.63) is 46.5 Å². The average molecular weight is 519 g/mol. The van der Waals surface area contributed by atoms with Gasteiger partial charge in [-0.1, -0.05) is 29.8 Å². The summed E-state index contributed by atoms with van der Waals surface area (Å²) < 4.78 is 7.10. The number of hydrogen-bond donors (Lipinski definition) is 2. The molecule has 0 saturated carbocycles. The Morgan fingerprint density at radius 3 is 2.96 bits per heavy atom. The third-order valence-corrected chi connectivity index (χ3v) is 4.84. The van der Waals surface area contributed by atoms with Gasteiger partial charge < -0.3 is 15.4 Å². The molecule has 154 valence electrons. The van der Waals surface area contributed by atoms with Gasteiger partial charge >= 0.3 is 0 Å². The average Bonchev–Trinajstić information content (AvgIpc) is 3.05. The zero-order valence-corrected chi connectivity index (χ0v) is 19.4. The first-order valence-corrected chi connectivity index (χ1v) is 9.77. The van der Waals surface area contributed by atoms with Gasteiger partial charge in [0.15, 0.2) is 11.8 Å². The molecule has 2 N–H and O–H groups in total. The fourth-order valence-corrected chi connectivity index (χ4v) is 3.40. The molecule has 0 radical (unpaired) electrons. The Kier molecular flexibility index (Phi) is 9.46. The Labute approximate surface area is 188 Å². The van der Waals surface area contributed by atoms with Gasteiger partial charge in [-0.3, -0.25) is 4.99 Å². The number of nitrogens with zero attached hydrogens (tertiary/aromatic N) is 4. The van der Waals surface area contributed by atoms with Crippen molar-refractivity contribution in [3.63, 3.8) is 0 Å². The molecule has 3 rings (SSSR count). The zero-order valence-electron chi connectivity index (χ0n) is 16.3. The second-order valence-corrected chi connectivity index (χ2v) is 6.95. The van der Waals surface area contributed by atoms with E-state index in [9.17, 15) is 0 Å². The van der Waals surface area contributed by atoms with Crippen LogP contribution >= 0.6 is 35.6 Å². The van der Waals surface area contributed by atoms with Crippen LogP contribution in [0.1, 0.15) is 30.6 Å². The Morgan fingerprint density at radius 2 is 2.21 bits per heavy atom. The summed E-state index contributed by atoms with van der Waals surface area (Å²) >= 11 is 6.22. The summed E-state index contributed by atoms with van der Waals surface area (Å²) in [5.74, 6) is 2.60. The van der Waals surface area contributed by atoms with Crippen molar-refractivity contribution in [2.24, 2.45) is 4.99 Å². The van der Waals surface area contributed by atoms with Crippen molar-refractivity contribution in [3.8, 4) is 0 Å². The molecule has 0 bridgehead atoms. The van der Waals surface area contributed by atoms with Gasteiger partial charge in [0.05, 0.1) is 6.54 Å². The van der Waals surface area contributed by atoms with Gasteiger partial charge in [-0.05, 0) is 31.4 Å². The third-order valence-electron chi connectivity index (χ3n) is 4.47. The van der Waals surface area contributed by atoms with Crippen LogP contribution in [0.15, 0.2) is 29.3 Å². The number of aromatic nitrogens is 3. The van der Waals surface area contributed by atoms with E-state index >= 15 is 0 Å². The molecule has 1 unspecified atom stereocenters. The minimum absolute atomic E-state index is 0. The van der Waals surface area contributed by atoms with E-state index in [1.54, 1.807) is 7.11 Å². The summed E-state index contributed by atoms with van der Waals surface area (Å²) in [7, 11) is 1.66. The van der Waals surface area contributed by atoms with Crippen LogP contribution in [0.25, 0.3) is 0 Å². The van der Waals surface area contributed by atoms with Crippen molar-refractivity contribution in [1.29, 1.82) is 0 Å². The van der Waals surface area contributed by atoms with Gasteiger partial charge in [-0.15, -0.1) is 24.0 Å². The van der Waals surface area contributed by atoms with E-state index in [4.69, 9.17) is 21.3 Å². The Morgan fingerprint density at radius 1 is 1.39 bits per heavy atom. The largest absolute Gasteiger partial charge is 0.377 e. The van der Waals surface area contributed by atoms with Crippen molar-refractivity contribution in [1.82, 2.24) is 25.4 Å². The maximum atomic E-state index is 6.22. The van der Waals surface area contributed by atoms with E-state index in [1.165, 1.54) is 0 Å². The third kappa shape index (κ3) is 6.31. The molecule has 1 aliphatic rings. The molecule has 9 heteroatoms. The van der Waals surface area contributed by atoms with Gasteiger partial charge in [-0.25, -0.2) is 9.67 Å². The number of benzene rings is 1. The lowest BCUT2D eigenvalue weighted by molar-refractivity contribution is 0.177. The number of hydrogen-bond acceptors (Lipinski definition) is 4. The number of ether oxygens (including phenoxy) is 1. The van der Waals surface area contributed by atoms with Gasteiger partial charge in [0.25, 0.3) is 0 Å². The molecular formula is C19H28ClIN6O. The summed E-state index contributed by atoms with van der Waals surface area (Å²) in [6, 6.07) is 8.18. The van der Waals surface area contributed by atoms with Gasteiger partial charge in [-0.2, -0.15) is 5.10 Å². The summed E-state index contributed by atoms with van der Waals surface area (Å²) in [6.07, 6.45) is 2.71. The maximum absolute atomic E-state index is 6.22. The highest BCUT2D eigenvalue weighted by molar-refractivity contribution is 14.0. The lowest BCUT2D eigenvalue weighted by atomic mass is 10.1. The van der Waals surface area contributed by atoms with Crippen LogP contribution in [0.2, 0.25) is 5.02 Å². The summed E-state index contributed by atoms with van der Waals surface area (Å²) in [5.41, 5.74) is 1.12. The van der Waals surface area contributed by atoms with Crippen LogP contribution in [0.3, 0.4) is 0 Å². The lowest BCUT2D eigenvalue weighted by Gasteiger charge is -2.25. The minimum Gasteiger partial charge on any atom is -0.377 e. The van der Waals surface area contributed by atoms with Gasteiger partial charge in [0.2, 0.25) is 0 Å². The van der Waals surface area contributed by atoms with Crippen molar-refractivity contribution < 1.29 is 4.74 Å². The van der Waals surface area contributed by atoms with Crippen LogP contribution in [-0.4, -0.2) is 47.0 Å². The standard InChI is InChI=1S/C19H27ClN6O.HI/c1-3-21-19(22-11-10-14-6-4-5-7-16(14)20)23-15-8-9-18-24-17(13-27-2)25-26(18)12-15;/h4-7,15H,3,8-13H2,1-2H3,(H2,21,22,23);1H. The second kappa shape index (κ2) is 11.6. The lowest BCUT2D eigenvalue weighted by Crippen LogP contribution is -2.47. The number of aryl methyl sites for hydroxylation is 1. The molecule has 1 aromatic carbocycles. The number of methoxy groups -OCH3 is 1. The van der Waals surface area contributed by atoms with E-state index in [0.717, 1.165) is 60.5 Å². The Bertz CT molecular complexity index is 782. The smallest absolute Gasteiger partial charge is 0.191 e. The minimum atomic E-state index is 0. The zero-order chi connectivity index (χ0) is 19.1. The molecule has 1 aliphatic heterocycles. The normalized spacial score (nSPS) is 16.2. The molecule has 28 heavy (non-hydrogen) atoms. The monoisotopic (exact) mass is 518 g/mol. The van der Waals surface area contributed by atoms with E-state index in [1.807, 2.05) is 28.9 Å². The Hall–Kier alpha value is -1.39. The van der Waals surface area contributed by atoms with E-state index in [0.29, 0.717) is 13.2 Å². The highest BCUT2D eigenvalue weighted by Crippen LogP contribution is 2.16. The highest BCUT2D eigenvalue weighted by atomic mass is 127. The van der Waals surface area contributed by atoms with Crippen LogP contribution < -0.4 is 10.6 Å². The van der Waals surface area contributed by atoms with Crippen molar-refractivity contribution in [2.45, 2.75) is 45.4 Å². The number of aliphatic imine (C=N–C) groups is 1. The number of rotatable bonds is 7. The molecule has 0 fully saturated rings. The van der Waals surface area contributed by atoms with Crippen molar-refractivity contribution in [2.75, 3.05) is 20.2 Å². The molecule has 2 heterocycles. The first-order valence-electron chi connectivity index (χ1n) is 9.39. The molecule has 0 spiro atoms. The number of nitrogens with one attached hydrogen (secondary N) is 2. The Balaban J connectivity index is 0.00000280. The molecular weight excluding hydrogens is 491 g/mol. The fourth-order valence-electron chi connectivity index (χ4n) is 3.17. The molecule has 0 amide bonds. The van der Waals surface area contributed by atoms with E-state index in [2.05, 4.69) is 27.6 Å². The van der Waals surface area contributed by atoms with Crippen LogP contribution in [0, 0.1) is 0 Å². The summed E-state index contributed by atoms with van der Waals surface area (Å²) in [4.78, 5) is 9.23. The highest BCUT2D eigenvalue weighted by Gasteiger charge is 2.22. The number of halogens is 2. The number of guanidine groups is 1. The predicted molar refractivity (Wildman–Crippen MR) is 123 cm³/mol. The molecule has 1 atom stereocenters. The summed E-state index contributed by atoms with van der Waals surface area (Å²) in [6.45, 7) is 4.79. The topological polar surface area (TPSA) is 76.4 Å². The molecule has 0 saturated heterocycles. The van der Waals surface area contributed by atoms with Crippen molar-refractivity contribution >= 4 is 41.5 Å². The maximum Gasteiger partial charge on any atom is 0.191 e. The van der Waals surface area contributed by atoms with Crippen LogP contribution in [0.4, 0.5) is 0 Å². The van der Waals surface area contributed by atoms with Crippen LogP contribution in [-0.2, 0) is 30.7 Å². The first kappa shape index (κ1) is 22.9. The molecule has 2 aromatic rings. The second-order valence-electron chi connectivity index (χ2n) is 6.54. The quantitative estimate of drug-likeness (QED) is 0.335. The molecule has 1 aromatic heterocycles. The molecule has 0 aliphatic carbocycles. The SMILES string of the molecule is CCNC(=NCCc1ccccc1Cl)NC1CCc2nc(COC)nn2C1.I. The van der Waals surface area contributed by atoms with E-state index < -0.39 is 0 Å². The first-order chi connectivity index (χ1) is 13.2. The van der Waals surface area contributed by atoms with Gasteiger partial charge in [0, 0.05) is 37.7 Å². The van der Waals surface area contributed by atoms with Gasteiger partial charge in [0.1, 0.15) is 12.4 Å². The fraction of sp³-hybridized carbons (Fsp3) is 0.526. The molecule has 7 nitrogen and oxygen atoms in total.